The Balaban J connectivity index is 1.80. The summed E-state index contributed by atoms with van der Waals surface area (Å²) in [6.45, 7) is 7.20. The molecule has 7 heteroatoms. The molecule has 1 aliphatic heterocycles. The zero-order chi connectivity index (χ0) is 18.6. The molecule has 0 saturated carbocycles. The number of nitrogens with one attached hydrogen (secondary N) is 1. The maximum absolute atomic E-state index is 12.5. The molecule has 5 nitrogen and oxygen atoms in total. The molecule has 140 valence electrons. The zero-order valence-corrected chi connectivity index (χ0v) is 17.9. The van der Waals surface area contributed by atoms with E-state index in [1.807, 2.05) is 30.4 Å². The van der Waals surface area contributed by atoms with Crippen molar-refractivity contribution in [2.24, 2.45) is 11.3 Å². The van der Waals surface area contributed by atoms with E-state index in [9.17, 15) is 9.59 Å². The van der Waals surface area contributed by atoms with Crippen molar-refractivity contribution in [3.63, 3.8) is 0 Å². The number of likely N-dealkylation sites (tertiary alicyclic amines) is 1. The van der Waals surface area contributed by atoms with Crippen LogP contribution in [0.2, 0.25) is 0 Å². The third-order valence-electron chi connectivity index (χ3n) is 4.45. The van der Waals surface area contributed by atoms with E-state index in [1.165, 1.54) is 11.3 Å². The van der Waals surface area contributed by atoms with Crippen LogP contribution in [0.25, 0.3) is 0 Å². The van der Waals surface area contributed by atoms with Crippen LogP contribution >= 0.6 is 27.3 Å². The van der Waals surface area contributed by atoms with Gasteiger partial charge in [0.25, 0.3) is 5.91 Å². The fourth-order valence-electron chi connectivity index (χ4n) is 3.32. The van der Waals surface area contributed by atoms with Crippen LogP contribution in [0.1, 0.15) is 36.4 Å². The number of hydrogen-bond donors (Lipinski definition) is 1. The molecule has 0 unspecified atom stereocenters. The summed E-state index contributed by atoms with van der Waals surface area (Å²) in [7, 11) is 4.09. The Morgan fingerprint density at radius 1 is 1.36 bits per heavy atom. The van der Waals surface area contributed by atoms with Crippen molar-refractivity contribution in [3.05, 3.63) is 20.8 Å². The molecule has 0 radical (unpaired) electrons. The number of amides is 2. The highest BCUT2D eigenvalue weighted by atomic mass is 79.9. The average Bonchev–Trinajstić information content (AvgIpc) is 2.97. The summed E-state index contributed by atoms with van der Waals surface area (Å²) < 4.78 is 0.852. The van der Waals surface area contributed by atoms with Crippen molar-refractivity contribution in [3.8, 4) is 0 Å². The highest BCUT2D eigenvalue weighted by molar-refractivity contribution is 9.10. The van der Waals surface area contributed by atoms with Crippen molar-refractivity contribution in [2.45, 2.75) is 26.7 Å². The Labute approximate surface area is 162 Å². The predicted molar refractivity (Wildman–Crippen MR) is 106 cm³/mol. The first kappa shape index (κ1) is 20.4. The number of hydrogen-bond acceptors (Lipinski definition) is 4. The molecule has 2 rings (SSSR count). The minimum atomic E-state index is 0.00554. The monoisotopic (exact) mass is 429 g/mol. The summed E-state index contributed by atoms with van der Waals surface area (Å²) in [6.07, 6.45) is 1.46. The summed E-state index contributed by atoms with van der Waals surface area (Å²) in [5, 5.41) is 5.01. The van der Waals surface area contributed by atoms with E-state index >= 15 is 0 Å². The summed E-state index contributed by atoms with van der Waals surface area (Å²) >= 11 is 4.87. The van der Waals surface area contributed by atoms with Gasteiger partial charge in [-0.3, -0.25) is 9.59 Å². The first-order valence-corrected chi connectivity index (χ1v) is 10.3. The molecule has 1 aromatic rings. The van der Waals surface area contributed by atoms with Gasteiger partial charge < -0.3 is 15.1 Å². The van der Waals surface area contributed by atoms with Crippen LogP contribution in [0.5, 0.6) is 0 Å². The lowest BCUT2D eigenvalue weighted by atomic mass is 9.91. The predicted octanol–water partition coefficient (Wildman–Crippen LogP) is 3.07. The van der Waals surface area contributed by atoms with Crippen LogP contribution in [0.4, 0.5) is 0 Å². The van der Waals surface area contributed by atoms with E-state index in [2.05, 4.69) is 40.0 Å². The van der Waals surface area contributed by atoms with Gasteiger partial charge in [-0.15, -0.1) is 11.3 Å². The molecular weight excluding hydrogens is 402 g/mol. The van der Waals surface area contributed by atoms with Gasteiger partial charge in [0.05, 0.1) is 0 Å². The lowest BCUT2D eigenvalue weighted by molar-refractivity contribution is -0.126. The molecule has 2 heterocycles. The Morgan fingerprint density at radius 2 is 2.00 bits per heavy atom. The van der Waals surface area contributed by atoms with Gasteiger partial charge in [0, 0.05) is 36.6 Å². The standard InChI is InChI=1S/C18H28BrN3O2S/c1-18(2,12-21(3)4)11-20-16(23)13-5-8-22(9-6-13)17(24)15-14(19)7-10-25-15/h7,10,13H,5-6,8-9,11-12H2,1-4H3,(H,20,23). The van der Waals surface area contributed by atoms with Crippen molar-refractivity contribution in [1.82, 2.24) is 15.1 Å². The normalized spacial score (nSPS) is 16.3. The highest BCUT2D eigenvalue weighted by Gasteiger charge is 2.30. The lowest BCUT2D eigenvalue weighted by Gasteiger charge is -2.33. The Kier molecular flexibility index (Phi) is 7.05. The Morgan fingerprint density at radius 3 is 2.52 bits per heavy atom. The fraction of sp³-hybridized carbons (Fsp3) is 0.667. The van der Waals surface area contributed by atoms with Gasteiger partial charge in [-0.25, -0.2) is 0 Å². The van der Waals surface area contributed by atoms with E-state index in [-0.39, 0.29) is 23.1 Å². The molecule has 2 amide bonds. The third kappa shape index (κ3) is 5.79. The van der Waals surface area contributed by atoms with E-state index < -0.39 is 0 Å². The van der Waals surface area contributed by atoms with Crippen LogP contribution < -0.4 is 5.32 Å². The van der Waals surface area contributed by atoms with Crippen molar-refractivity contribution >= 4 is 39.1 Å². The van der Waals surface area contributed by atoms with E-state index in [0.29, 0.717) is 19.6 Å². The van der Waals surface area contributed by atoms with E-state index in [0.717, 1.165) is 28.7 Å². The third-order valence-corrected chi connectivity index (χ3v) is 6.28. The molecular formula is C18H28BrN3O2S. The summed E-state index contributed by atoms with van der Waals surface area (Å²) in [5.74, 6) is 0.190. The molecule has 0 spiro atoms. The Bertz CT molecular complexity index is 607. The second kappa shape index (κ2) is 8.64. The summed E-state index contributed by atoms with van der Waals surface area (Å²) in [5.41, 5.74) is 0.0429. The van der Waals surface area contributed by atoms with Crippen LogP contribution in [-0.4, -0.2) is 61.9 Å². The molecule has 0 atom stereocenters. The summed E-state index contributed by atoms with van der Waals surface area (Å²) in [4.78, 5) is 29.7. The van der Waals surface area contributed by atoms with Gasteiger partial charge in [-0.1, -0.05) is 13.8 Å². The number of piperidine rings is 1. The van der Waals surface area contributed by atoms with Gasteiger partial charge in [0.2, 0.25) is 5.91 Å². The maximum Gasteiger partial charge on any atom is 0.265 e. The number of carbonyl (C=O) groups is 2. The molecule has 25 heavy (non-hydrogen) atoms. The minimum Gasteiger partial charge on any atom is -0.355 e. The second-order valence-electron chi connectivity index (χ2n) is 7.78. The molecule has 0 bridgehead atoms. The number of carbonyl (C=O) groups excluding carboxylic acids is 2. The Hall–Kier alpha value is -0.920. The highest BCUT2D eigenvalue weighted by Crippen LogP contribution is 2.27. The smallest absolute Gasteiger partial charge is 0.265 e. The quantitative estimate of drug-likeness (QED) is 0.755. The van der Waals surface area contributed by atoms with Gasteiger partial charge in [-0.2, -0.15) is 0 Å². The number of thiophene rings is 1. The first-order valence-electron chi connectivity index (χ1n) is 8.64. The molecule has 0 aliphatic carbocycles. The maximum atomic E-state index is 12.5. The minimum absolute atomic E-state index is 0.00554. The average molecular weight is 430 g/mol. The van der Waals surface area contributed by atoms with Crippen molar-refractivity contribution < 1.29 is 9.59 Å². The van der Waals surface area contributed by atoms with Gasteiger partial charge in [0.15, 0.2) is 0 Å². The van der Waals surface area contributed by atoms with Gasteiger partial charge in [-0.05, 0) is 59.7 Å². The van der Waals surface area contributed by atoms with Crippen molar-refractivity contribution in [2.75, 3.05) is 40.3 Å². The van der Waals surface area contributed by atoms with E-state index in [1.54, 1.807) is 0 Å². The lowest BCUT2D eigenvalue weighted by Crippen LogP contribution is -2.46. The zero-order valence-electron chi connectivity index (χ0n) is 15.5. The molecule has 1 fully saturated rings. The van der Waals surface area contributed by atoms with Crippen LogP contribution in [0.15, 0.2) is 15.9 Å². The number of nitrogens with zero attached hydrogens (tertiary/aromatic N) is 2. The SMILES string of the molecule is CN(C)CC(C)(C)CNC(=O)C1CCN(C(=O)c2sccc2Br)CC1. The van der Waals surface area contributed by atoms with Crippen LogP contribution in [-0.2, 0) is 4.79 Å². The van der Waals surface area contributed by atoms with Gasteiger partial charge >= 0.3 is 0 Å². The largest absolute Gasteiger partial charge is 0.355 e. The van der Waals surface area contributed by atoms with Crippen LogP contribution in [0, 0.1) is 11.3 Å². The fourth-order valence-corrected chi connectivity index (χ4v) is 4.83. The summed E-state index contributed by atoms with van der Waals surface area (Å²) in [6, 6.07) is 1.90. The molecule has 1 saturated heterocycles. The molecule has 1 aliphatic rings. The van der Waals surface area contributed by atoms with Crippen molar-refractivity contribution in [1.29, 1.82) is 0 Å². The first-order chi connectivity index (χ1) is 11.7. The molecule has 1 aromatic heterocycles. The molecule has 0 aromatic carbocycles. The topological polar surface area (TPSA) is 52.7 Å². The van der Waals surface area contributed by atoms with Gasteiger partial charge in [0.1, 0.15) is 4.88 Å². The van der Waals surface area contributed by atoms with E-state index in [4.69, 9.17) is 0 Å². The molecule has 1 N–H and O–H groups in total. The second-order valence-corrected chi connectivity index (χ2v) is 9.55. The number of halogens is 1. The van der Waals surface area contributed by atoms with Crippen LogP contribution in [0.3, 0.4) is 0 Å². The number of rotatable bonds is 6.